The molecular weight excluding hydrogens is 540 g/mol. The number of aromatic amines is 2. The van der Waals surface area contributed by atoms with Gasteiger partial charge in [0, 0.05) is 57.6 Å². The van der Waals surface area contributed by atoms with Gasteiger partial charge in [0.15, 0.2) is 24.8 Å². The number of hydrogen-bond acceptors (Lipinski definition) is 0. The lowest BCUT2D eigenvalue weighted by Crippen LogP contribution is -3.00. The maximum absolute atomic E-state index is 3.54. The molecule has 4 heterocycles. The monoisotopic (exact) mass is 564 g/mol. The molecule has 0 amide bonds. The third-order valence-electron chi connectivity index (χ3n) is 6.34. The smallest absolute Gasteiger partial charge is 0.193 e. The molecule has 0 aliphatic rings. The summed E-state index contributed by atoms with van der Waals surface area (Å²) in [6, 6.07) is 21.5. The van der Waals surface area contributed by atoms with Crippen LogP contribution in [0.2, 0.25) is 0 Å². The molecule has 0 spiro atoms. The van der Waals surface area contributed by atoms with Gasteiger partial charge < -0.3 is 43.9 Å². The van der Waals surface area contributed by atoms with E-state index in [1.807, 2.05) is 0 Å². The Morgan fingerprint density at radius 2 is 0.909 bits per heavy atom. The van der Waals surface area contributed by atoms with Crippen LogP contribution in [0, 0.1) is 0 Å². The number of rotatable bonds is 6. The van der Waals surface area contributed by atoms with Crippen LogP contribution in [-0.4, -0.2) is 9.97 Å². The SMILES string of the molecule is [Br-].[Br-].c1ccc2c(c1)[nH]c1c[n+](CCCCC[n+]3ccc4c(c3)[nH]c3ccccc34)ccc12. The quantitative estimate of drug-likeness (QED) is 0.200. The number of benzene rings is 2. The van der Waals surface area contributed by atoms with Crippen molar-refractivity contribution < 1.29 is 43.1 Å². The van der Waals surface area contributed by atoms with Crippen molar-refractivity contribution >= 4 is 43.6 Å². The van der Waals surface area contributed by atoms with Gasteiger partial charge in [-0.25, -0.2) is 9.13 Å². The highest BCUT2D eigenvalue weighted by molar-refractivity contribution is 6.07. The predicted molar refractivity (Wildman–Crippen MR) is 126 cm³/mol. The van der Waals surface area contributed by atoms with E-state index in [-0.39, 0.29) is 34.0 Å². The third-order valence-corrected chi connectivity index (χ3v) is 6.34. The summed E-state index contributed by atoms with van der Waals surface area (Å²) in [5.41, 5.74) is 4.84. The number of nitrogens with zero attached hydrogens (tertiary/aromatic N) is 2. The minimum atomic E-state index is 0. The zero-order valence-corrected chi connectivity index (χ0v) is 21.4. The van der Waals surface area contributed by atoms with Crippen molar-refractivity contribution in [3.8, 4) is 0 Å². The number of fused-ring (bicyclic) bond motifs is 6. The zero-order valence-electron chi connectivity index (χ0n) is 18.3. The molecule has 0 saturated heterocycles. The summed E-state index contributed by atoms with van der Waals surface area (Å²) in [6.45, 7) is 2.11. The van der Waals surface area contributed by atoms with E-state index >= 15 is 0 Å². The molecule has 4 aromatic heterocycles. The lowest BCUT2D eigenvalue weighted by molar-refractivity contribution is -0.699. The van der Waals surface area contributed by atoms with Gasteiger partial charge in [-0.15, -0.1) is 0 Å². The van der Waals surface area contributed by atoms with Gasteiger partial charge in [-0.3, -0.25) is 0 Å². The fourth-order valence-electron chi connectivity index (χ4n) is 4.73. The molecule has 0 radical (unpaired) electrons. The number of unbranched alkanes of at least 4 members (excludes halogenated alkanes) is 2. The molecule has 2 aromatic carbocycles. The summed E-state index contributed by atoms with van der Waals surface area (Å²) in [6.07, 6.45) is 12.5. The van der Waals surface area contributed by atoms with E-state index in [1.165, 1.54) is 62.9 Å². The molecule has 6 rings (SSSR count). The first-order valence-electron chi connectivity index (χ1n) is 11.1. The van der Waals surface area contributed by atoms with Crippen molar-refractivity contribution in [1.29, 1.82) is 0 Å². The average Bonchev–Trinajstić information content (AvgIpc) is 3.36. The average molecular weight is 566 g/mol. The van der Waals surface area contributed by atoms with Gasteiger partial charge in [-0.2, -0.15) is 0 Å². The Balaban J connectivity index is 0.00000130. The molecule has 4 nitrogen and oxygen atoms in total. The lowest BCUT2D eigenvalue weighted by atomic mass is 10.2. The summed E-state index contributed by atoms with van der Waals surface area (Å²) < 4.78 is 4.61. The first kappa shape index (κ1) is 23.5. The van der Waals surface area contributed by atoms with Crippen LogP contribution < -0.4 is 43.1 Å². The Morgan fingerprint density at radius 1 is 0.485 bits per heavy atom. The Hall–Kier alpha value is -2.70. The number of pyridine rings is 2. The van der Waals surface area contributed by atoms with Crippen molar-refractivity contribution in [1.82, 2.24) is 9.97 Å². The normalized spacial score (nSPS) is 11.2. The standard InChI is InChI=1S/C27H24N4.2BrH/c1(6-14-30-16-12-22-20-8-2-4-10-24(20)28-26(22)18-30)7-15-31-17-13-23-21-9-3-5-11-25(21)29-27(23)19-31;;/h2-5,8-13,16-19H,1,6-7,14-15H2;2*1H. The molecule has 0 saturated carbocycles. The molecule has 0 atom stereocenters. The lowest BCUT2D eigenvalue weighted by Gasteiger charge is -1.99. The van der Waals surface area contributed by atoms with Crippen molar-refractivity contribution in [3.63, 3.8) is 0 Å². The summed E-state index contributed by atoms with van der Waals surface area (Å²) in [7, 11) is 0. The Labute approximate surface area is 213 Å². The summed E-state index contributed by atoms with van der Waals surface area (Å²) >= 11 is 0. The van der Waals surface area contributed by atoms with E-state index in [0.717, 1.165) is 13.1 Å². The third kappa shape index (κ3) is 4.55. The van der Waals surface area contributed by atoms with Crippen LogP contribution in [0.4, 0.5) is 0 Å². The van der Waals surface area contributed by atoms with Crippen LogP contribution in [0.25, 0.3) is 43.6 Å². The Kier molecular flexibility index (Phi) is 7.15. The molecule has 6 heteroatoms. The molecule has 0 fully saturated rings. The Bertz CT molecular complexity index is 1420. The minimum absolute atomic E-state index is 0. The van der Waals surface area contributed by atoms with E-state index in [2.05, 4.69) is 105 Å². The summed E-state index contributed by atoms with van der Waals surface area (Å²) in [5, 5.41) is 5.20. The maximum Gasteiger partial charge on any atom is 0.193 e. The summed E-state index contributed by atoms with van der Waals surface area (Å²) in [4.78, 5) is 7.08. The van der Waals surface area contributed by atoms with E-state index < -0.39 is 0 Å². The van der Waals surface area contributed by atoms with Crippen LogP contribution in [0.1, 0.15) is 19.3 Å². The molecule has 0 unspecified atom stereocenters. The van der Waals surface area contributed by atoms with Crippen molar-refractivity contribution in [2.24, 2.45) is 0 Å². The van der Waals surface area contributed by atoms with Crippen molar-refractivity contribution in [2.45, 2.75) is 32.4 Å². The number of hydrogen-bond donors (Lipinski definition) is 2. The molecule has 6 aromatic rings. The second-order valence-electron chi connectivity index (χ2n) is 8.42. The number of para-hydroxylation sites is 2. The second-order valence-corrected chi connectivity index (χ2v) is 8.42. The van der Waals surface area contributed by atoms with E-state index in [4.69, 9.17) is 0 Å². The summed E-state index contributed by atoms with van der Waals surface area (Å²) in [5.74, 6) is 0. The van der Waals surface area contributed by atoms with Crippen LogP contribution in [0.15, 0.2) is 85.5 Å². The number of nitrogens with one attached hydrogen (secondary N) is 2. The highest BCUT2D eigenvalue weighted by atomic mass is 79.9. The number of aryl methyl sites for hydroxylation is 2. The van der Waals surface area contributed by atoms with Gasteiger partial charge in [-0.05, 0) is 18.6 Å². The highest BCUT2D eigenvalue weighted by Crippen LogP contribution is 2.24. The van der Waals surface area contributed by atoms with Gasteiger partial charge in [0.2, 0.25) is 0 Å². The number of aromatic nitrogens is 4. The number of halogens is 2. The van der Waals surface area contributed by atoms with Crippen LogP contribution >= 0.6 is 0 Å². The predicted octanol–water partition coefficient (Wildman–Crippen LogP) is -0.591. The van der Waals surface area contributed by atoms with E-state index in [9.17, 15) is 0 Å². The molecule has 168 valence electrons. The van der Waals surface area contributed by atoms with Crippen molar-refractivity contribution in [2.75, 3.05) is 0 Å². The van der Waals surface area contributed by atoms with E-state index in [1.54, 1.807) is 0 Å². The molecule has 0 aliphatic heterocycles. The molecular formula is C27H26Br2N4. The Morgan fingerprint density at radius 3 is 1.39 bits per heavy atom. The van der Waals surface area contributed by atoms with Crippen LogP contribution in [0.5, 0.6) is 0 Å². The minimum Gasteiger partial charge on any atom is -1.00 e. The van der Waals surface area contributed by atoms with Gasteiger partial charge >= 0.3 is 0 Å². The molecule has 2 N–H and O–H groups in total. The van der Waals surface area contributed by atoms with Crippen molar-refractivity contribution in [3.05, 3.63) is 85.5 Å². The first-order valence-corrected chi connectivity index (χ1v) is 11.1. The molecule has 0 aliphatic carbocycles. The highest BCUT2D eigenvalue weighted by Gasteiger charge is 2.10. The topological polar surface area (TPSA) is 39.3 Å². The van der Waals surface area contributed by atoms with Gasteiger partial charge in [0.05, 0.1) is 0 Å². The molecule has 0 bridgehead atoms. The fourth-order valence-corrected chi connectivity index (χ4v) is 4.73. The number of H-pyrrole nitrogens is 2. The van der Waals surface area contributed by atoms with Gasteiger partial charge in [-0.1, -0.05) is 36.4 Å². The maximum atomic E-state index is 3.54. The molecule has 33 heavy (non-hydrogen) atoms. The van der Waals surface area contributed by atoms with E-state index in [0.29, 0.717) is 0 Å². The van der Waals surface area contributed by atoms with Crippen LogP contribution in [-0.2, 0) is 13.1 Å². The fraction of sp³-hybridized carbons (Fsp3) is 0.185. The largest absolute Gasteiger partial charge is 1.00 e. The zero-order chi connectivity index (χ0) is 20.6. The second kappa shape index (κ2) is 10.1. The first-order chi connectivity index (χ1) is 15.3. The van der Waals surface area contributed by atoms with Crippen LogP contribution in [0.3, 0.4) is 0 Å². The van der Waals surface area contributed by atoms with Gasteiger partial charge in [0.25, 0.3) is 0 Å². The van der Waals surface area contributed by atoms with Gasteiger partial charge in [0.1, 0.15) is 24.1 Å².